The van der Waals surface area contributed by atoms with Gasteiger partial charge in [-0.2, -0.15) is 0 Å². The lowest BCUT2D eigenvalue weighted by molar-refractivity contribution is -0.305. The fraction of sp³-hybridized carbons (Fsp3) is 0.667. The van der Waals surface area contributed by atoms with Crippen molar-refractivity contribution in [1.29, 1.82) is 5.39 Å². The van der Waals surface area contributed by atoms with Crippen molar-refractivity contribution in [2.24, 2.45) is 0 Å². The molecule has 0 radical (unpaired) electrons. The molecule has 0 saturated heterocycles. The predicted octanol–water partition coefficient (Wildman–Crippen LogP) is -1.02. The Hall–Kier alpha value is -1.11. The number of rotatable bonds is 1. The first-order valence-electron chi connectivity index (χ1n) is 1.73. The number of aliphatic carboxylic acids is 1. The summed E-state index contributed by atoms with van der Waals surface area (Å²) in [7, 11) is 0. The minimum atomic E-state index is -1.37. The molecule has 7 heavy (non-hydrogen) atoms. The van der Waals surface area contributed by atoms with Gasteiger partial charge in [-0.05, 0) is 0 Å². The zero-order valence-electron chi connectivity index (χ0n) is 3.79. The summed E-state index contributed by atoms with van der Waals surface area (Å²) >= 11 is 0. The normalized spacial score (nSPS) is 12.0. The highest BCUT2D eigenvalue weighted by Crippen LogP contribution is 1.81. The molecular weight excluding hydrogens is 96.0 g/mol. The van der Waals surface area contributed by atoms with Crippen LogP contribution in [0, 0.1) is 5.39 Å². The average molecular weight is 100 g/mol. The molecule has 0 aromatic heterocycles. The minimum absolute atomic E-state index is 1.11. The van der Waals surface area contributed by atoms with Crippen LogP contribution in [0.2, 0.25) is 0 Å². The first-order chi connectivity index (χ1) is 3.18. The molecule has 0 saturated carbocycles. The van der Waals surface area contributed by atoms with Crippen molar-refractivity contribution in [3.05, 3.63) is 4.98 Å². The molecule has 0 aliphatic rings. The molecule has 0 amide bonds. The fourth-order valence-corrected chi connectivity index (χ4v) is 0.0471. The second-order valence-electron chi connectivity index (χ2n) is 1.11. The summed E-state index contributed by atoms with van der Waals surface area (Å²) < 4.78 is 0. The summed E-state index contributed by atoms with van der Waals surface area (Å²) in [6.07, 6.45) is 0. The average Bonchev–Trinajstić information content (AvgIpc) is 1.65. The SMILES string of the molecule is C[C@@H]([N+]#N)C(=O)[O-]. The predicted molar refractivity (Wildman–Crippen MR) is 19.6 cm³/mol. The van der Waals surface area contributed by atoms with Crippen molar-refractivity contribution in [2.75, 3.05) is 0 Å². The zero-order valence-corrected chi connectivity index (χ0v) is 3.79. The Balaban J connectivity index is 3.63. The zero-order chi connectivity index (χ0) is 5.86. The Morgan fingerprint density at radius 2 is 2.43 bits per heavy atom. The number of carbonyl (C=O) groups excluding carboxylic acids is 1. The van der Waals surface area contributed by atoms with E-state index in [2.05, 4.69) is 4.98 Å². The van der Waals surface area contributed by atoms with Gasteiger partial charge in [0.1, 0.15) is 10.9 Å². The Morgan fingerprint density at radius 3 is 2.43 bits per heavy atom. The summed E-state index contributed by atoms with van der Waals surface area (Å²) in [4.78, 5) is 12.0. The van der Waals surface area contributed by atoms with Crippen LogP contribution < -0.4 is 5.11 Å². The third kappa shape index (κ3) is 1.71. The van der Waals surface area contributed by atoms with Gasteiger partial charge in [0.05, 0.1) is 0 Å². The molecule has 1 atom stereocenters. The van der Waals surface area contributed by atoms with E-state index in [-0.39, 0.29) is 0 Å². The van der Waals surface area contributed by atoms with Crippen LogP contribution >= 0.6 is 0 Å². The number of diazo groups is 1. The highest BCUT2D eigenvalue weighted by molar-refractivity contribution is 5.72. The lowest BCUT2D eigenvalue weighted by atomic mass is 10.4. The molecule has 0 fully saturated rings. The van der Waals surface area contributed by atoms with Crippen LogP contribution in [-0.2, 0) is 4.79 Å². The van der Waals surface area contributed by atoms with E-state index in [0.29, 0.717) is 0 Å². The maximum Gasteiger partial charge on any atom is 0.350 e. The van der Waals surface area contributed by atoms with Crippen molar-refractivity contribution in [3.8, 4) is 0 Å². The van der Waals surface area contributed by atoms with Crippen LogP contribution in [0.1, 0.15) is 6.92 Å². The molecular formula is C3H4N2O2. The van der Waals surface area contributed by atoms with Gasteiger partial charge in [0.2, 0.25) is 5.39 Å². The molecule has 0 spiro atoms. The fourth-order valence-electron chi connectivity index (χ4n) is 0.0471. The largest absolute Gasteiger partial charge is 0.542 e. The van der Waals surface area contributed by atoms with Crippen molar-refractivity contribution >= 4 is 5.97 Å². The number of carboxylic acids is 1. The van der Waals surface area contributed by atoms with E-state index < -0.39 is 12.0 Å². The Kier molecular flexibility index (Phi) is 1.79. The van der Waals surface area contributed by atoms with E-state index in [4.69, 9.17) is 5.39 Å². The number of hydrogen-bond donors (Lipinski definition) is 0. The van der Waals surface area contributed by atoms with Crippen LogP contribution in [0.15, 0.2) is 0 Å². The third-order valence-corrected chi connectivity index (χ3v) is 0.514. The highest BCUT2D eigenvalue weighted by Gasteiger charge is 2.10. The minimum Gasteiger partial charge on any atom is -0.542 e. The highest BCUT2D eigenvalue weighted by atomic mass is 16.4. The molecule has 0 aromatic rings. The van der Waals surface area contributed by atoms with Gasteiger partial charge < -0.3 is 9.90 Å². The Labute approximate surface area is 40.4 Å². The van der Waals surface area contributed by atoms with Gasteiger partial charge in [-0.25, -0.2) is 0 Å². The molecule has 0 aliphatic carbocycles. The van der Waals surface area contributed by atoms with Crippen LogP contribution in [0.25, 0.3) is 4.98 Å². The summed E-state index contributed by atoms with van der Waals surface area (Å²) in [6, 6.07) is -1.11. The summed E-state index contributed by atoms with van der Waals surface area (Å²) in [6.45, 7) is 1.22. The first-order valence-corrected chi connectivity index (χ1v) is 1.73. The molecule has 0 unspecified atom stereocenters. The van der Waals surface area contributed by atoms with Gasteiger partial charge >= 0.3 is 6.04 Å². The molecule has 0 heterocycles. The van der Waals surface area contributed by atoms with Gasteiger partial charge in [-0.1, -0.05) is 0 Å². The van der Waals surface area contributed by atoms with Gasteiger partial charge in [-0.15, -0.1) is 0 Å². The van der Waals surface area contributed by atoms with Crippen molar-refractivity contribution in [1.82, 2.24) is 0 Å². The maximum absolute atomic E-state index is 9.57. The smallest absolute Gasteiger partial charge is 0.350 e. The van der Waals surface area contributed by atoms with E-state index in [1.165, 1.54) is 6.92 Å². The van der Waals surface area contributed by atoms with E-state index in [9.17, 15) is 9.90 Å². The van der Waals surface area contributed by atoms with Gasteiger partial charge in [0.25, 0.3) is 0 Å². The topological polar surface area (TPSA) is 68.3 Å². The second kappa shape index (κ2) is 2.13. The number of carbonyl (C=O) groups is 1. The number of carboxylic acid groups (broad SMARTS) is 1. The second-order valence-corrected chi connectivity index (χ2v) is 1.11. The van der Waals surface area contributed by atoms with Crippen molar-refractivity contribution < 1.29 is 9.90 Å². The number of hydrogen-bond acceptors (Lipinski definition) is 3. The van der Waals surface area contributed by atoms with Crippen molar-refractivity contribution in [3.63, 3.8) is 0 Å². The lowest BCUT2D eigenvalue weighted by Gasteiger charge is -1.87. The van der Waals surface area contributed by atoms with Crippen LogP contribution in [0.5, 0.6) is 0 Å². The molecule has 0 aliphatic heterocycles. The monoisotopic (exact) mass is 100 g/mol. The molecule has 0 aromatic carbocycles. The van der Waals surface area contributed by atoms with Crippen molar-refractivity contribution in [2.45, 2.75) is 13.0 Å². The Bertz CT molecular complexity index is 115. The standard InChI is InChI=1S/C3H4N2O2/c1-2(5-4)3(6)7/h2H,1H3/t2-/m1/s1. The summed E-state index contributed by atoms with van der Waals surface area (Å²) in [5, 5.41) is 17.3. The van der Waals surface area contributed by atoms with E-state index in [1.807, 2.05) is 0 Å². The molecule has 4 nitrogen and oxygen atoms in total. The summed E-state index contributed by atoms with van der Waals surface area (Å²) in [5.41, 5.74) is 0. The van der Waals surface area contributed by atoms with Crippen LogP contribution in [-0.4, -0.2) is 12.0 Å². The summed E-state index contributed by atoms with van der Waals surface area (Å²) in [5.74, 6) is -1.37. The van der Waals surface area contributed by atoms with Gasteiger partial charge in [0, 0.05) is 6.92 Å². The van der Waals surface area contributed by atoms with Crippen LogP contribution in [0.3, 0.4) is 0 Å². The molecule has 0 rings (SSSR count). The van der Waals surface area contributed by atoms with E-state index >= 15 is 0 Å². The number of nitrogens with zero attached hydrogens (tertiary/aromatic N) is 2. The van der Waals surface area contributed by atoms with Gasteiger partial charge in [0.15, 0.2) is 0 Å². The maximum atomic E-state index is 9.57. The molecule has 4 heteroatoms. The molecule has 38 valence electrons. The van der Waals surface area contributed by atoms with Crippen LogP contribution in [0.4, 0.5) is 0 Å². The first kappa shape index (κ1) is 5.89. The van der Waals surface area contributed by atoms with E-state index in [0.717, 1.165) is 0 Å². The quantitative estimate of drug-likeness (QED) is 0.396. The third-order valence-electron chi connectivity index (χ3n) is 0.514. The molecule has 0 bridgehead atoms. The van der Waals surface area contributed by atoms with Gasteiger partial charge in [-0.3, -0.25) is 0 Å². The van der Waals surface area contributed by atoms with E-state index in [1.54, 1.807) is 0 Å². The molecule has 0 N–H and O–H groups in total. The lowest BCUT2D eigenvalue weighted by Crippen LogP contribution is -2.31. The Morgan fingerprint density at radius 1 is 2.00 bits per heavy atom.